The first-order valence-corrected chi connectivity index (χ1v) is 19.1. The highest BCUT2D eigenvalue weighted by molar-refractivity contribution is 5.85. The summed E-state index contributed by atoms with van der Waals surface area (Å²) in [6, 6.07) is 0. The van der Waals surface area contributed by atoms with Gasteiger partial charge >= 0.3 is 0 Å². The molecule has 2 nitrogen and oxygen atoms in total. The van der Waals surface area contributed by atoms with Crippen LogP contribution in [0.25, 0.3) is 0 Å². The summed E-state index contributed by atoms with van der Waals surface area (Å²) in [6.45, 7) is 7.11. The Kier molecular flexibility index (Phi) is 52.5. The van der Waals surface area contributed by atoms with Gasteiger partial charge in [-0.05, 0) is 40.0 Å². The minimum Gasteiger partial charge on any atom is -0.323 e. The van der Waals surface area contributed by atoms with Crippen LogP contribution in [-0.2, 0) is 0 Å². The molecule has 0 aromatic carbocycles. The van der Waals surface area contributed by atoms with Gasteiger partial charge in [0.2, 0.25) is 0 Å². The summed E-state index contributed by atoms with van der Waals surface area (Å²) in [5.74, 6) is 0. The van der Waals surface area contributed by atoms with Crippen LogP contribution < -0.4 is 10.6 Å². The van der Waals surface area contributed by atoms with Gasteiger partial charge in [-0.1, -0.05) is 206 Å². The van der Waals surface area contributed by atoms with Gasteiger partial charge in [0.05, 0.1) is 0 Å². The Morgan fingerprint density at radius 3 is 0.585 bits per heavy atom. The third kappa shape index (κ3) is 50.2. The second kappa shape index (κ2) is 47.1. The lowest BCUT2D eigenvalue weighted by atomic mass is 10.0. The SMILES string of the molecule is CCCCCCCCCCCCCCCCCCNCCCCCCCCCCCCCCCCCC.CNC.Cl. The molecule has 0 unspecified atom stereocenters. The van der Waals surface area contributed by atoms with Crippen LogP contribution in [0.3, 0.4) is 0 Å². The van der Waals surface area contributed by atoms with Gasteiger partial charge in [0.1, 0.15) is 0 Å². The van der Waals surface area contributed by atoms with Gasteiger partial charge in [0, 0.05) is 0 Å². The second-order valence-corrected chi connectivity index (χ2v) is 12.9. The van der Waals surface area contributed by atoms with E-state index in [4.69, 9.17) is 0 Å². The molecule has 0 aliphatic heterocycles. The lowest BCUT2D eigenvalue weighted by Crippen LogP contribution is -2.16. The topological polar surface area (TPSA) is 24.1 Å². The monoisotopic (exact) mass is 603 g/mol. The summed E-state index contributed by atoms with van der Waals surface area (Å²) in [6.07, 6.45) is 46.7. The summed E-state index contributed by atoms with van der Waals surface area (Å²) in [4.78, 5) is 0. The molecule has 0 aliphatic carbocycles. The molecule has 0 atom stereocenters. The van der Waals surface area contributed by atoms with Crippen LogP contribution >= 0.6 is 12.4 Å². The molecule has 0 rings (SSSR count). The molecular formula is C38H83ClN2. The van der Waals surface area contributed by atoms with Crippen molar-refractivity contribution in [1.82, 2.24) is 10.6 Å². The molecule has 2 N–H and O–H groups in total. The molecule has 0 spiro atoms. The van der Waals surface area contributed by atoms with Crippen LogP contribution in [0.4, 0.5) is 0 Å². The molecule has 0 saturated carbocycles. The molecule has 0 fully saturated rings. The maximum Gasteiger partial charge on any atom is -0.00489 e. The zero-order valence-corrected chi connectivity index (χ0v) is 30.3. The van der Waals surface area contributed by atoms with E-state index in [1.54, 1.807) is 0 Å². The van der Waals surface area contributed by atoms with Gasteiger partial charge in [-0.3, -0.25) is 0 Å². The minimum absolute atomic E-state index is 0. The van der Waals surface area contributed by atoms with E-state index >= 15 is 0 Å². The fourth-order valence-corrected chi connectivity index (χ4v) is 5.72. The highest BCUT2D eigenvalue weighted by Crippen LogP contribution is 2.15. The number of rotatable bonds is 34. The van der Waals surface area contributed by atoms with E-state index in [0.717, 1.165) is 0 Å². The Balaban J connectivity index is -0.00000344. The van der Waals surface area contributed by atoms with E-state index in [1.165, 1.54) is 219 Å². The van der Waals surface area contributed by atoms with Gasteiger partial charge in [-0.25, -0.2) is 0 Å². The Morgan fingerprint density at radius 1 is 0.268 bits per heavy atom. The van der Waals surface area contributed by atoms with Crippen molar-refractivity contribution >= 4 is 12.4 Å². The smallest absolute Gasteiger partial charge is 0.00489 e. The number of hydrogen-bond acceptors (Lipinski definition) is 2. The summed E-state index contributed by atoms with van der Waals surface area (Å²) in [7, 11) is 3.75. The van der Waals surface area contributed by atoms with Gasteiger partial charge in [0.25, 0.3) is 0 Å². The Hall–Kier alpha value is 0.210. The Morgan fingerprint density at radius 2 is 0.415 bits per heavy atom. The van der Waals surface area contributed by atoms with Crippen molar-refractivity contribution < 1.29 is 0 Å². The highest BCUT2D eigenvalue weighted by Gasteiger charge is 1.97. The summed E-state index contributed by atoms with van der Waals surface area (Å²) < 4.78 is 0. The fraction of sp³-hybridized carbons (Fsp3) is 1.00. The number of halogens is 1. The van der Waals surface area contributed by atoms with Crippen molar-refractivity contribution in [2.24, 2.45) is 0 Å². The van der Waals surface area contributed by atoms with Crippen molar-refractivity contribution in [3.63, 3.8) is 0 Å². The van der Waals surface area contributed by atoms with Crippen LogP contribution in [0.15, 0.2) is 0 Å². The first kappa shape index (κ1) is 45.6. The van der Waals surface area contributed by atoms with Crippen molar-refractivity contribution in [1.29, 1.82) is 0 Å². The molecule has 0 radical (unpaired) electrons. The third-order valence-corrected chi connectivity index (χ3v) is 8.41. The van der Waals surface area contributed by atoms with Crippen LogP contribution in [0.1, 0.15) is 219 Å². The van der Waals surface area contributed by atoms with E-state index < -0.39 is 0 Å². The molecule has 0 aliphatic rings. The molecule has 0 saturated heterocycles. The first-order chi connectivity index (χ1) is 19.8. The predicted molar refractivity (Wildman–Crippen MR) is 194 cm³/mol. The highest BCUT2D eigenvalue weighted by atomic mass is 35.5. The molecule has 252 valence electrons. The van der Waals surface area contributed by atoms with E-state index in [0.29, 0.717) is 0 Å². The summed E-state index contributed by atoms with van der Waals surface area (Å²) in [5.41, 5.74) is 0. The lowest BCUT2D eigenvalue weighted by Gasteiger charge is -2.06. The fourth-order valence-electron chi connectivity index (χ4n) is 5.72. The largest absolute Gasteiger partial charge is 0.323 e. The van der Waals surface area contributed by atoms with Crippen molar-refractivity contribution in [3.8, 4) is 0 Å². The number of nitrogens with one attached hydrogen (secondary N) is 2. The van der Waals surface area contributed by atoms with Crippen LogP contribution in [0.2, 0.25) is 0 Å². The van der Waals surface area contributed by atoms with E-state index in [9.17, 15) is 0 Å². The van der Waals surface area contributed by atoms with Crippen molar-refractivity contribution in [2.75, 3.05) is 27.2 Å². The third-order valence-electron chi connectivity index (χ3n) is 8.41. The molecule has 0 bridgehead atoms. The zero-order chi connectivity index (χ0) is 29.5. The predicted octanol–water partition coefficient (Wildman–Crippen LogP) is 13.4. The Bertz CT molecular complexity index is 356. The van der Waals surface area contributed by atoms with Crippen molar-refractivity contribution in [2.45, 2.75) is 219 Å². The molecule has 3 heteroatoms. The van der Waals surface area contributed by atoms with Crippen LogP contribution in [0.5, 0.6) is 0 Å². The first-order valence-electron chi connectivity index (χ1n) is 19.1. The van der Waals surface area contributed by atoms with Gasteiger partial charge in [-0.15, -0.1) is 12.4 Å². The molecule has 0 aromatic heterocycles. The average Bonchev–Trinajstić information content (AvgIpc) is 2.96. The van der Waals surface area contributed by atoms with Crippen LogP contribution in [-0.4, -0.2) is 27.2 Å². The lowest BCUT2D eigenvalue weighted by molar-refractivity contribution is 0.515. The van der Waals surface area contributed by atoms with E-state index in [1.807, 2.05) is 14.1 Å². The number of unbranched alkanes of at least 4 members (excludes halogenated alkanes) is 30. The molecule has 0 aromatic rings. The molecule has 41 heavy (non-hydrogen) atoms. The number of hydrogen-bond donors (Lipinski definition) is 2. The standard InChI is InChI=1S/C36H75N.C2H7N.ClH/c1-3-5-7-9-11-13-15-17-19-21-23-25-27-29-31-33-35-37-36-34-32-30-28-26-24-22-20-18-16-14-12-10-8-6-4-2;1-3-2;/h37H,3-36H2,1-2H3;3H,1-2H3;1H. The molecule has 0 amide bonds. The molecule has 0 heterocycles. The zero-order valence-electron chi connectivity index (χ0n) is 29.4. The van der Waals surface area contributed by atoms with Crippen molar-refractivity contribution in [3.05, 3.63) is 0 Å². The maximum atomic E-state index is 3.68. The van der Waals surface area contributed by atoms with E-state index in [2.05, 4.69) is 24.5 Å². The van der Waals surface area contributed by atoms with Gasteiger partial charge < -0.3 is 10.6 Å². The maximum absolute atomic E-state index is 3.68. The average molecular weight is 604 g/mol. The summed E-state index contributed by atoms with van der Waals surface area (Å²) >= 11 is 0. The second-order valence-electron chi connectivity index (χ2n) is 12.9. The Labute approximate surface area is 269 Å². The minimum atomic E-state index is 0. The van der Waals surface area contributed by atoms with Gasteiger partial charge in [0.15, 0.2) is 0 Å². The van der Waals surface area contributed by atoms with E-state index in [-0.39, 0.29) is 12.4 Å². The van der Waals surface area contributed by atoms with Crippen LogP contribution in [0, 0.1) is 0 Å². The normalized spacial score (nSPS) is 10.8. The molecular weight excluding hydrogens is 520 g/mol. The summed E-state index contributed by atoms with van der Waals surface area (Å²) in [5, 5.41) is 6.43. The van der Waals surface area contributed by atoms with Gasteiger partial charge in [-0.2, -0.15) is 0 Å². The quantitative estimate of drug-likeness (QED) is 0.0715.